The number of ketones is 2. The maximum absolute atomic E-state index is 11.6. The van der Waals surface area contributed by atoms with E-state index in [1.165, 1.54) is 24.3 Å². The fourth-order valence-electron chi connectivity index (χ4n) is 1.24. The number of hydrogen-bond acceptors (Lipinski definition) is 5. The lowest BCUT2D eigenvalue weighted by Crippen LogP contribution is -2.21. The number of allylic oxidation sites excluding steroid dienone is 1. The molecule has 0 saturated heterocycles. The number of carbonyl (C=O) groups excluding carboxylic acids is 3. The molecule has 0 aliphatic rings. The van der Waals surface area contributed by atoms with Crippen LogP contribution in [0.2, 0.25) is 0 Å². The van der Waals surface area contributed by atoms with Gasteiger partial charge < -0.3 is 9.84 Å². The first-order chi connectivity index (χ1) is 8.97. The van der Waals surface area contributed by atoms with Crippen LogP contribution in [0.4, 0.5) is 0 Å². The Morgan fingerprint density at radius 2 is 1.74 bits per heavy atom. The summed E-state index contributed by atoms with van der Waals surface area (Å²) >= 11 is 0. The van der Waals surface area contributed by atoms with E-state index in [2.05, 4.69) is 11.3 Å². The standard InChI is InChI=1S/C13H10O6/c1-2-10(14)11(15)7-19-13(18)9-6-4-3-5-8(9)12(16)17/h2-6H,1,7H2,(H,16,17). The SMILES string of the molecule is C=CC(=O)C(=O)COC(=O)c1ccccc1C(=O)O. The van der Waals surface area contributed by atoms with Crippen molar-refractivity contribution in [2.24, 2.45) is 0 Å². The molecule has 0 aromatic heterocycles. The summed E-state index contributed by atoms with van der Waals surface area (Å²) in [6, 6.07) is 5.40. The average Bonchev–Trinajstić information content (AvgIpc) is 2.43. The maximum atomic E-state index is 11.6. The normalized spacial score (nSPS) is 9.47. The van der Waals surface area contributed by atoms with E-state index in [1.807, 2.05) is 0 Å². The van der Waals surface area contributed by atoms with Gasteiger partial charge in [-0.15, -0.1) is 0 Å². The number of ether oxygens (including phenoxy) is 1. The lowest BCUT2D eigenvalue weighted by Gasteiger charge is -2.05. The number of benzene rings is 1. The Labute approximate surface area is 108 Å². The van der Waals surface area contributed by atoms with Crippen molar-refractivity contribution in [2.75, 3.05) is 6.61 Å². The summed E-state index contributed by atoms with van der Waals surface area (Å²) in [5, 5.41) is 8.88. The molecule has 1 aromatic rings. The summed E-state index contributed by atoms with van der Waals surface area (Å²) in [6.07, 6.45) is 0.807. The highest BCUT2D eigenvalue weighted by Crippen LogP contribution is 2.10. The molecule has 98 valence electrons. The van der Waals surface area contributed by atoms with Crippen LogP contribution in [0, 0.1) is 0 Å². The maximum Gasteiger partial charge on any atom is 0.339 e. The first kappa shape index (κ1) is 14.3. The molecule has 0 bridgehead atoms. The lowest BCUT2D eigenvalue weighted by atomic mass is 10.1. The number of carboxylic acid groups (broad SMARTS) is 1. The summed E-state index contributed by atoms with van der Waals surface area (Å²) in [6.45, 7) is 2.36. The van der Waals surface area contributed by atoms with Crippen LogP contribution < -0.4 is 0 Å². The topological polar surface area (TPSA) is 97.7 Å². The Kier molecular flexibility index (Phi) is 4.70. The van der Waals surface area contributed by atoms with Crippen molar-refractivity contribution in [1.82, 2.24) is 0 Å². The molecule has 0 radical (unpaired) electrons. The van der Waals surface area contributed by atoms with Crippen LogP contribution in [0.3, 0.4) is 0 Å². The number of aromatic carboxylic acids is 1. The summed E-state index contributed by atoms with van der Waals surface area (Å²) in [7, 11) is 0. The van der Waals surface area contributed by atoms with Gasteiger partial charge >= 0.3 is 11.9 Å². The van der Waals surface area contributed by atoms with Crippen molar-refractivity contribution in [3.8, 4) is 0 Å². The second kappa shape index (κ2) is 6.25. The molecule has 0 spiro atoms. The van der Waals surface area contributed by atoms with Crippen molar-refractivity contribution >= 4 is 23.5 Å². The van der Waals surface area contributed by atoms with E-state index < -0.39 is 30.1 Å². The number of hydrogen-bond donors (Lipinski definition) is 1. The quantitative estimate of drug-likeness (QED) is 0.464. The van der Waals surface area contributed by atoms with Crippen molar-refractivity contribution in [2.45, 2.75) is 0 Å². The van der Waals surface area contributed by atoms with Crippen LogP contribution in [-0.4, -0.2) is 35.2 Å². The van der Waals surface area contributed by atoms with Gasteiger partial charge in [0.2, 0.25) is 11.6 Å². The molecule has 6 nitrogen and oxygen atoms in total. The molecule has 0 unspecified atom stereocenters. The van der Waals surface area contributed by atoms with Crippen LogP contribution >= 0.6 is 0 Å². The number of rotatable bonds is 6. The third-order valence-corrected chi connectivity index (χ3v) is 2.17. The van der Waals surface area contributed by atoms with Crippen LogP contribution in [0.1, 0.15) is 20.7 Å². The minimum atomic E-state index is -1.29. The lowest BCUT2D eigenvalue weighted by molar-refractivity contribution is -0.135. The molecule has 19 heavy (non-hydrogen) atoms. The average molecular weight is 262 g/mol. The van der Waals surface area contributed by atoms with Gasteiger partial charge in [0, 0.05) is 0 Å². The molecule has 1 rings (SSSR count). The Morgan fingerprint density at radius 3 is 2.26 bits per heavy atom. The molecule has 0 amide bonds. The number of carboxylic acids is 1. The van der Waals surface area contributed by atoms with Gasteiger partial charge in [-0.25, -0.2) is 9.59 Å². The number of carbonyl (C=O) groups is 4. The zero-order valence-electron chi connectivity index (χ0n) is 9.79. The van der Waals surface area contributed by atoms with E-state index in [1.54, 1.807) is 0 Å². The molecule has 0 heterocycles. The minimum Gasteiger partial charge on any atom is -0.478 e. The van der Waals surface area contributed by atoms with Crippen LogP contribution in [0.25, 0.3) is 0 Å². The van der Waals surface area contributed by atoms with E-state index in [0.717, 1.165) is 6.08 Å². The highest BCUT2D eigenvalue weighted by Gasteiger charge is 2.19. The molecule has 6 heteroatoms. The van der Waals surface area contributed by atoms with E-state index in [-0.39, 0.29) is 11.1 Å². The summed E-state index contributed by atoms with van der Waals surface area (Å²) < 4.78 is 4.58. The van der Waals surface area contributed by atoms with Gasteiger partial charge in [0.1, 0.15) is 0 Å². The van der Waals surface area contributed by atoms with Gasteiger partial charge in [-0.05, 0) is 18.2 Å². The van der Waals surface area contributed by atoms with Gasteiger partial charge in [-0.1, -0.05) is 18.7 Å². The van der Waals surface area contributed by atoms with Crippen LogP contribution in [-0.2, 0) is 14.3 Å². The molecule has 0 saturated carbocycles. The third-order valence-electron chi connectivity index (χ3n) is 2.17. The largest absolute Gasteiger partial charge is 0.478 e. The second-order valence-electron chi connectivity index (χ2n) is 3.42. The van der Waals surface area contributed by atoms with Crippen LogP contribution in [0.5, 0.6) is 0 Å². The zero-order valence-corrected chi connectivity index (χ0v) is 9.79. The predicted octanol–water partition coefficient (Wildman–Crippen LogP) is 0.866. The summed E-state index contributed by atoms with van der Waals surface area (Å²) in [5.41, 5.74) is -0.427. The van der Waals surface area contributed by atoms with Gasteiger partial charge in [-0.2, -0.15) is 0 Å². The molecular formula is C13H10O6. The predicted molar refractivity (Wildman–Crippen MR) is 63.9 cm³/mol. The minimum absolute atomic E-state index is 0.186. The zero-order chi connectivity index (χ0) is 14.4. The Bertz CT molecular complexity index is 558. The number of Topliss-reactive ketones (excluding diaryl/α,β-unsaturated/α-hetero) is 1. The van der Waals surface area contributed by atoms with Crippen molar-refractivity contribution < 1.29 is 29.0 Å². The van der Waals surface area contributed by atoms with Gasteiger partial charge in [-0.3, -0.25) is 9.59 Å². The van der Waals surface area contributed by atoms with Crippen LogP contribution in [0.15, 0.2) is 36.9 Å². The second-order valence-corrected chi connectivity index (χ2v) is 3.42. The van der Waals surface area contributed by atoms with E-state index in [9.17, 15) is 19.2 Å². The fraction of sp³-hybridized carbons (Fsp3) is 0.0769. The third kappa shape index (κ3) is 3.60. The monoisotopic (exact) mass is 262 g/mol. The first-order valence-corrected chi connectivity index (χ1v) is 5.16. The highest BCUT2D eigenvalue weighted by molar-refractivity contribution is 6.42. The molecule has 0 fully saturated rings. The van der Waals surface area contributed by atoms with Crippen molar-refractivity contribution in [1.29, 1.82) is 0 Å². The van der Waals surface area contributed by atoms with Gasteiger partial charge in [0.25, 0.3) is 0 Å². The summed E-state index contributed by atoms with van der Waals surface area (Å²) in [4.78, 5) is 44.5. The Morgan fingerprint density at radius 1 is 1.16 bits per heavy atom. The Balaban J connectivity index is 2.80. The molecule has 1 aromatic carbocycles. The molecule has 1 N–H and O–H groups in total. The highest BCUT2D eigenvalue weighted by atomic mass is 16.5. The van der Waals surface area contributed by atoms with Gasteiger partial charge in [0.05, 0.1) is 11.1 Å². The molecular weight excluding hydrogens is 252 g/mol. The fourth-order valence-corrected chi connectivity index (χ4v) is 1.24. The molecule has 0 aliphatic carbocycles. The van der Waals surface area contributed by atoms with Crippen molar-refractivity contribution in [3.63, 3.8) is 0 Å². The van der Waals surface area contributed by atoms with E-state index >= 15 is 0 Å². The summed E-state index contributed by atoms with van der Waals surface area (Å²) in [5.74, 6) is -4.08. The Hall–Kier alpha value is -2.76. The first-order valence-electron chi connectivity index (χ1n) is 5.16. The van der Waals surface area contributed by atoms with Crippen molar-refractivity contribution in [3.05, 3.63) is 48.0 Å². The van der Waals surface area contributed by atoms with Gasteiger partial charge in [0.15, 0.2) is 6.61 Å². The van der Waals surface area contributed by atoms with E-state index in [0.29, 0.717) is 0 Å². The molecule has 0 atom stereocenters. The van der Waals surface area contributed by atoms with E-state index in [4.69, 9.17) is 5.11 Å². The molecule has 0 aliphatic heterocycles. The number of esters is 1. The smallest absolute Gasteiger partial charge is 0.339 e.